The van der Waals surface area contributed by atoms with Crippen LogP contribution in [-0.2, 0) is 9.53 Å². The molecule has 0 aromatic heterocycles. The molecule has 0 N–H and O–H groups in total. The Labute approximate surface area is 103 Å². The second-order valence-electron chi connectivity index (χ2n) is 3.58. The molecule has 1 rings (SSSR count). The molecule has 0 fully saturated rings. The third-order valence-electron chi connectivity index (χ3n) is 2.27. The number of hydrogen-bond acceptors (Lipinski definition) is 2. The Kier molecular flexibility index (Phi) is 4.93. The minimum atomic E-state index is -0.293. The average Bonchev–Trinajstić information content (AvgIpc) is 2.17. The molecule has 0 radical (unpaired) electrons. The molecule has 0 aliphatic carbocycles. The standard InChI is InChI=1S/C12H14BrFO2/c1-3-16-12(15)6-8(2)10-5-4-9(14)7-11(10)13/h4-5,7-8H,3,6H2,1-2H3/t8-/m1/s1. The smallest absolute Gasteiger partial charge is 0.306 e. The van der Waals surface area contributed by atoms with Crippen LogP contribution in [0, 0.1) is 5.82 Å². The first-order valence-corrected chi connectivity index (χ1v) is 5.94. The van der Waals surface area contributed by atoms with E-state index in [0.717, 1.165) is 5.56 Å². The maximum Gasteiger partial charge on any atom is 0.306 e. The molecule has 0 aliphatic heterocycles. The minimum absolute atomic E-state index is 0.00836. The molecule has 1 aromatic rings. The number of ether oxygens (including phenoxy) is 1. The van der Waals surface area contributed by atoms with Crippen LogP contribution < -0.4 is 0 Å². The molecule has 1 aromatic carbocycles. The monoisotopic (exact) mass is 288 g/mol. The Hall–Kier alpha value is -0.900. The fraction of sp³-hybridized carbons (Fsp3) is 0.417. The fourth-order valence-corrected chi connectivity index (χ4v) is 2.22. The largest absolute Gasteiger partial charge is 0.466 e. The van der Waals surface area contributed by atoms with Gasteiger partial charge in [0.25, 0.3) is 0 Å². The number of hydrogen-bond donors (Lipinski definition) is 0. The van der Waals surface area contributed by atoms with Crippen LogP contribution in [0.1, 0.15) is 31.7 Å². The van der Waals surface area contributed by atoms with Crippen LogP contribution in [-0.4, -0.2) is 12.6 Å². The minimum Gasteiger partial charge on any atom is -0.466 e. The Morgan fingerprint density at radius 3 is 2.81 bits per heavy atom. The average molecular weight is 289 g/mol. The molecule has 16 heavy (non-hydrogen) atoms. The summed E-state index contributed by atoms with van der Waals surface area (Å²) in [5, 5.41) is 0. The fourth-order valence-electron chi connectivity index (χ4n) is 1.48. The molecular formula is C12H14BrFO2. The summed E-state index contributed by atoms with van der Waals surface area (Å²) in [6.45, 7) is 4.07. The first-order chi connectivity index (χ1) is 7.54. The SMILES string of the molecule is CCOC(=O)C[C@@H](C)c1ccc(F)cc1Br. The summed E-state index contributed by atoms with van der Waals surface area (Å²) >= 11 is 3.28. The van der Waals surface area contributed by atoms with Gasteiger partial charge in [0.2, 0.25) is 0 Å². The zero-order chi connectivity index (χ0) is 12.1. The van der Waals surface area contributed by atoms with Crippen molar-refractivity contribution in [3.63, 3.8) is 0 Å². The highest BCUT2D eigenvalue weighted by Gasteiger charge is 2.14. The van der Waals surface area contributed by atoms with Crippen LogP contribution >= 0.6 is 15.9 Å². The van der Waals surface area contributed by atoms with Crippen molar-refractivity contribution < 1.29 is 13.9 Å². The normalized spacial score (nSPS) is 12.2. The Bertz CT molecular complexity index is 379. The van der Waals surface area contributed by atoms with Gasteiger partial charge in [-0.05, 0) is 30.5 Å². The van der Waals surface area contributed by atoms with E-state index in [-0.39, 0.29) is 17.7 Å². The lowest BCUT2D eigenvalue weighted by Gasteiger charge is -2.12. The van der Waals surface area contributed by atoms with Crippen molar-refractivity contribution in [1.82, 2.24) is 0 Å². The predicted molar refractivity (Wildman–Crippen MR) is 63.8 cm³/mol. The first-order valence-electron chi connectivity index (χ1n) is 5.15. The summed E-state index contributed by atoms with van der Waals surface area (Å²) in [5.74, 6) is -0.515. The summed E-state index contributed by atoms with van der Waals surface area (Å²) in [7, 11) is 0. The maximum absolute atomic E-state index is 12.9. The van der Waals surface area contributed by atoms with E-state index >= 15 is 0 Å². The highest BCUT2D eigenvalue weighted by Crippen LogP contribution is 2.28. The van der Waals surface area contributed by atoms with Gasteiger partial charge in [0.05, 0.1) is 13.0 Å². The molecular weight excluding hydrogens is 275 g/mol. The van der Waals surface area contributed by atoms with Crippen LogP contribution in [0.3, 0.4) is 0 Å². The lowest BCUT2D eigenvalue weighted by Crippen LogP contribution is -2.08. The van der Waals surface area contributed by atoms with Crippen molar-refractivity contribution >= 4 is 21.9 Å². The molecule has 0 heterocycles. The van der Waals surface area contributed by atoms with Gasteiger partial charge >= 0.3 is 5.97 Å². The zero-order valence-electron chi connectivity index (χ0n) is 9.30. The molecule has 88 valence electrons. The number of halogens is 2. The van der Waals surface area contributed by atoms with Gasteiger partial charge in [-0.25, -0.2) is 4.39 Å². The summed E-state index contributed by atoms with van der Waals surface area (Å²) in [5.41, 5.74) is 0.912. The number of rotatable bonds is 4. The predicted octanol–water partition coefficient (Wildman–Crippen LogP) is 3.64. The quantitative estimate of drug-likeness (QED) is 0.791. The van der Waals surface area contributed by atoms with E-state index in [1.807, 2.05) is 6.92 Å². The van der Waals surface area contributed by atoms with Gasteiger partial charge in [-0.1, -0.05) is 28.9 Å². The van der Waals surface area contributed by atoms with E-state index in [4.69, 9.17) is 4.74 Å². The highest BCUT2D eigenvalue weighted by molar-refractivity contribution is 9.10. The third kappa shape index (κ3) is 3.59. The molecule has 2 nitrogen and oxygen atoms in total. The summed E-state index contributed by atoms with van der Waals surface area (Å²) in [4.78, 5) is 11.3. The van der Waals surface area contributed by atoms with Gasteiger partial charge in [0.1, 0.15) is 5.82 Å². The van der Waals surface area contributed by atoms with Gasteiger partial charge < -0.3 is 4.74 Å². The Morgan fingerprint density at radius 1 is 1.56 bits per heavy atom. The van der Waals surface area contributed by atoms with E-state index in [1.165, 1.54) is 12.1 Å². The second kappa shape index (κ2) is 5.99. The Balaban J connectivity index is 2.72. The molecule has 0 unspecified atom stereocenters. The maximum atomic E-state index is 12.9. The summed E-state index contributed by atoms with van der Waals surface area (Å²) in [6, 6.07) is 4.47. The van der Waals surface area contributed by atoms with Crippen LogP contribution in [0.15, 0.2) is 22.7 Å². The molecule has 0 bridgehead atoms. The van der Waals surface area contributed by atoms with Crippen LogP contribution in [0.5, 0.6) is 0 Å². The van der Waals surface area contributed by atoms with E-state index in [2.05, 4.69) is 15.9 Å². The topological polar surface area (TPSA) is 26.3 Å². The third-order valence-corrected chi connectivity index (χ3v) is 2.96. The van der Waals surface area contributed by atoms with E-state index in [1.54, 1.807) is 13.0 Å². The second-order valence-corrected chi connectivity index (χ2v) is 4.43. The van der Waals surface area contributed by atoms with Gasteiger partial charge in [-0.3, -0.25) is 4.79 Å². The summed E-state index contributed by atoms with van der Waals surface area (Å²) < 4.78 is 18.4. The molecule has 1 atom stereocenters. The van der Waals surface area contributed by atoms with Crippen molar-refractivity contribution in [3.8, 4) is 0 Å². The van der Waals surface area contributed by atoms with Crippen LogP contribution in [0.25, 0.3) is 0 Å². The molecule has 0 saturated heterocycles. The zero-order valence-corrected chi connectivity index (χ0v) is 10.9. The molecule has 0 spiro atoms. The van der Waals surface area contributed by atoms with Crippen LogP contribution in [0.4, 0.5) is 4.39 Å². The number of esters is 1. The van der Waals surface area contributed by atoms with E-state index in [0.29, 0.717) is 17.5 Å². The van der Waals surface area contributed by atoms with Crippen molar-refractivity contribution in [2.75, 3.05) is 6.61 Å². The van der Waals surface area contributed by atoms with Crippen molar-refractivity contribution in [1.29, 1.82) is 0 Å². The number of carbonyl (C=O) groups excluding carboxylic acids is 1. The van der Waals surface area contributed by atoms with Crippen LogP contribution in [0.2, 0.25) is 0 Å². The van der Waals surface area contributed by atoms with Crippen molar-refractivity contribution in [3.05, 3.63) is 34.1 Å². The van der Waals surface area contributed by atoms with Crippen molar-refractivity contribution in [2.24, 2.45) is 0 Å². The lowest BCUT2D eigenvalue weighted by molar-refractivity contribution is -0.143. The van der Waals surface area contributed by atoms with Gasteiger partial charge in [-0.15, -0.1) is 0 Å². The molecule has 0 aliphatic rings. The van der Waals surface area contributed by atoms with Gasteiger partial charge in [-0.2, -0.15) is 0 Å². The number of carbonyl (C=O) groups is 1. The number of benzene rings is 1. The molecule has 4 heteroatoms. The molecule has 0 amide bonds. The van der Waals surface area contributed by atoms with Gasteiger partial charge in [0.15, 0.2) is 0 Å². The summed E-state index contributed by atoms with van der Waals surface area (Å²) in [6.07, 6.45) is 0.304. The highest BCUT2D eigenvalue weighted by atomic mass is 79.9. The van der Waals surface area contributed by atoms with Gasteiger partial charge in [0, 0.05) is 4.47 Å². The van der Waals surface area contributed by atoms with E-state index in [9.17, 15) is 9.18 Å². The molecule has 0 saturated carbocycles. The van der Waals surface area contributed by atoms with E-state index < -0.39 is 0 Å². The Morgan fingerprint density at radius 2 is 2.25 bits per heavy atom. The first kappa shape index (κ1) is 13.2. The lowest BCUT2D eigenvalue weighted by atomic mass is 9.98. The van der Waals surface area contributed by atoms with Crippen molar-refractivity contribution in [2.45, 2.75) is 26.2 Å².